The summed E-state index contributed by atoms with van der Waals surface area (Å²) in [5.74, 6) is 0.201. The van der Waals surface area contributed by atoms with E-state index in [1.54, 1.807) is 36.4 Å². The highest BCUT2D eigenvalue weighted by Crippen LogP contribution is 2.16. The molecule has 0 aliphatic rings. The van der Waals surface area contributed by atoms with Gasteiger partial charge >= 0.3 is 12.0 Å². The van der Waals surface area contributed by atoms with Crippen LogP contribution >= 0.6 is 0 Å². The zero-order valence-corrected chi connectivity index (χ0v) is 14.2. The van der Waals surface area contributed by atoms with Crippen molar-refractivity contribution in [1.29, 1.82) is 0 Å². The molecule has 2 N–H and O–H groups in total. The van der Waals surface area contributed by atoms with Gasteiger partial charge in [-0.1, -0.05) is 43.7 Å². The first kappa shape index (κ1) is 18.3. The summed E-state index contributed by atoms with van der Waals surface area (Å²) in [6.45, 7) is 2.39. The van der Waals surface area contributed by atoms with E-state index in [9.17, 15) is 9.59 Å². The minimum absolute atomic E-state index is 0.0129. The highest BCUT2D eigenvalue weighted by molar-refractivity contribution is 6.00. The maximum atomic E-state index is 12.1. The molecular formula is C19H22N2O4. The number of nitrogens with one attached hydrogen (secondary N) is 2. The maximum Gasteiger partial charge on any atom is 0.340 e. The van der Waals surface area contributed by atoms with Crippen molar-refractivity contribution in [2.75, 3.05) is 18.7 Å². The number of benzene rings is 2. The molecule has 0 saturated heterocycles. The third-order valence-electron chi connectivity index (χ3n) is 3.34. The summed E-state index contributed by atoms with van der Waals surface area (Å²) < 4.78 is 10.6. The first-order valence-electron chi connectivity index (χ1n) is 8.19. The van der Waals surface area contributed by atoms with Gasteiger partial charge in [-0.05, 0) is 30.7 Å². The summed E-state index contributed by atoms with van der Waals surface area (Å²) in [6.07, 6.45) is 1.75. The van der Waals surface area contributed by atoms with Crippen molar-refractivity contribution in [1.82, 2.24) is 5.32 Å². The van der Waals surface area contributed by atoms with E-state index in [0.717, 1.165) is 12.8 Å². The Labute approximate surface area is 147 Å². The molecule has 0 radical (unpaired) electrons. The van der Waals surface area contributed by atoms with Crippen molar-refractivity contribution in [2.24, 2.45) is 0 Å². The van der Waals surface area contributed by atoms with E-state index in [1.807, 2.05) is 25.1 Å². The molecule has 2 aromatic carbocycles. The van der Waals surface area contributed by atoms with Crippen LogP contribution in [0.4, 0.5) is 10.5 Å². The van der Waals surface area contributed by atoms with E-state index in [0.29, 0.717) is 23.6 Å². The standard InChI is InChI=1S/C19H22N2O4/c1-2-3-13-24-18(22)16-11-7-8-12-17(16)21-19(23)20-14-25-15-9-5-4-6-10-15/h4-12H,2-3,13-14H2,1H3,(H2,20,21,23). The average Bonchev–Trinajstić information content (AvgIpc) is 2.63. The Bertz CT molecular complexity index is 689. The Morgan fingerprint density at radius 2 is 1.72 bits per heavy atom. The number of amides is 2. The number of unbranched alkanes of at least 4 members (excludes halogenated alkanes) is 1. The number of anilines is 1. The molecule has 2 aromatic rings. The third-order valence-corrected chi connectivity index (χ3v) is 3.34. The molecule has 0 aliphatic carbocycles. The van der Waals surface area contributed by atoms with Gasteiger partial charge in [-0.2, -0.15) is 0 Å². The lowest BCUT2D eigenvalue weighted by Gasteiger charge is -2.12. The van der Waals surface area contributed by atoms with Gasteiger partial charge in [0.2, 0.25) is 0 Å². The quantitative estimate of drug-likeness (QED) is 0.434. The van der Waals surface area contributed by atoms with Crippen molar-refractivity contribution in [2.45, 2.75) is 19.8 Å². The molecule has 0 aromatic heterocycles. The van der Waals surface area contributed by atoms with Crippen molar-refractivity contribution in [3.05, 3.63) is 60.2 Å². The van der Waals surface area contributed by atoms with E-state index >= 15 is 0 Å². The Balaban J connectivity index is 1.86. The van der Waals surface area contributed by atoms with Crippen molar-refractivity contribution in [3.8, 4) is 5.75 Å². The van der Waals surface area contributed by atoms with Gasteiger partial charge < -0.3 is 20.1 Å². The van der Waals surface area contributed by atoms with Crippen LogP contribution in [0.5, 0.6) is 5.75 Å². The molecule has 2 amide bonds. The highest BCUT2D eigenvalue weighted by atomic mass is 16.5. The van der Waals surface area contributed by atoms with E-state index < -0.39 is 12.0 Å². The molecule has 2 rings (SSSR count). The fourth-order valence-corrected chi connectivity index (χ4v) is 2.03. The molecule has 0 spiro atoms. The predicted molar refractivity (Wildman–Crippen MR) is 95.7 cm³/mol. The van der Waals surface area contributed by atoms with E-state index in [4.69, 9.17) is 9.47 Å². The summed E-state index contributed by atoms with van der Waals surface area (Å²) in [6, 6.07) is 15.4. The molecule has 0 fully saturated rings. The Morgan fingerprint density at radius 1 is 1.00 bits per heavy atom. The highest BCUT2D eigenvalue weighted by Gasteiger charge is 2.14. The zero-order valence-electron chi connectivity index (χ0n) is 14.2. The van der Waals surface area contributed by atoms with Crippen LogP contribution in [0, 0.1) is 0 Å². The minimum Gasteiger partial charge on any atom is -0.473 e. The largest absolute Gasteiger partial charge is 0.473 e. The SMILES string of the molecule is CCCCOC(=O)c1ccccc1NC(=O)NCOc1ccccc1. The van der Waals surface area contributed by atoms with Crippen LogP contribution in [0.25, 0.3) is 0 Å². The summed E-state index contributed by atoms with van der Waals surface area (Å²) in [7, 11) is 0. The molecule has 0 aliphatic heterocycles. The van der Waals surface area contributed by atoms with E-state index in [2.05, 4.69) is 10.6 Å². The number of urea groups is 1. The smallest absolute Gasteiger partial charge is 0.340 e. The molecule has 0 unspecified atom stereocenters. The van der Waals surface area contributed by atoms with Gasteiger partial charge in [0, 0.05) is 0 Å². The number of esters is 1. The van der Waals surface area contributed by atoms with E-state index in [-0.39, 0.29) is 6.73 Å². The van der Waals surface area contributed by atoms with Gasteiger partial charge in [-0.15, -0.1) is 0 Å². The zero-order chi connectivity index (χ0) is 17.9. The normalized spacial score (nSPS) is 9.96. The Kier molecular flexibility index (Phi) is 7.31. The predicted octanol–water partition coefficient (Wildman–Crippen LogP) is 3.80. The molecule has 6 heteroatoms. The van der Waals surface area contributed by atoms with Crippen LogP contribution in [0.3, 0.4) is 0 Å². The summed E-state index contributed by atoms with van der Waals surface area (Å²) >= 11 is 0. The Morgan fingerprint density at radius 3 is 2.48 bits per heavy atom. The van der Waals surface area contributed by atoms with Gasteiger partial charge in [-0.3, -0.25) is 0 Å². The first-order chi connectivity index (χ1) is 12.2. The monoisotopic (exact) mass is 342 g/mol. The first-order valence-corrected chi connectivity index (χ1v) is 8.19. The molecule has 0 bridgehead atoms. The second-order valence-electron chi connectivity index (χ2n) is 5.27. The van der Waals surface area contributed by atoms with Crippen molar-refractivity contribution >= 4 is 17.7 Å². The third kappa shape index (κ3) is 6.18. The van der Waals surface area contributed by atoms with Gasteiger partial charge in [0.1, 0.15) is 5.75 Å². The summed E-state index contributed by atoms with van der Waals surface area (Å²) in [4.78, 5) is 24.1. The number of carbonyl (C=O) groups is 2. The van der Waals surface area contributed by atoms with Gasteiger partial charge in [-0.25, -0.2) is 9.59 Å². The van der Waals surface area contributed by atoms with Gasteiger partial charge in [0.25, 0.3) is 0 Å². The number of para-hydroxylation sites is 2. The molecule has 25 heavy (non-hydrogen) atoms. The van der Waals surface area contributed by atoms with Crippen molar-refractivity contribution in [3.63, 3.8) is 0 Å². The molecule has 0 heterocycles. The minimum atomic E-state index is -0.468. The van der Waals surface area contributed by atoms with Crippen LogP contribution in [0.1, 0.15) is 30.1 Å². The fourth-order valence-electron chi connectivity index (χ4n) is 2.03. The number of hydrogen-bond donors (Lipinski definition) is 2. The molecule has 6 nitrogen and oxygen atoms in total. The molecule has 132 valence electrons. The van der Waals surface area contributed by atoms with Crippen LogP contribution in [0.15, 0.2) is 54.6 Å². The van der Waals surface area contributed by atoms with Crippen LogP contribution in [-0.2, 0) is 4.74 Å². The van der Waals surface area contributed by atoms with Crippen LogP contribution in [-0.4, -0.2) is 25.3 Å². The van der Waals surface area contributed by atoms with Gasteiger partial charge in [0.15, 0.2) is 6.73 Å². The lowest BCUT2D eigenvalue weighted by atomic mass is 10.2. The lowest BCUT2D eigenvalue weighted by molar-refractivity contribution is 0.0501. The fraction of sp³-hybridized carbons (Fsp3) is 0.263. The maximum absolute atomic E-state index is 12.1. The average molecular weight is 342 g/mol. The second kappa shape index (κ2) is 9.97. The van der Waals surface area contributed by atoms with Gasteiger partial charge in [0.05, 0.1) is 17.9 Å². The summed E-state index contributed by atoms with van der Waals surface area (Å²) in [5, 5.41) is 5.21. The van der Waals surface area contributed by atoms with E-state index in [1.165, 1.54) is 0 Å². The van der Waals surface area contributed by atoms with Crippen molar-refractivity contribution < 1.29 is 19.1 Å². The lowest BCUT2D eigenvalue weighted by Crippen LogP contribution is -2.32. The summed E-state index contributed by atoms with van der Waals surface area (Å²) in [5.41, 5.74) is 0.707. The van der Waals surface area contributed by atoms with Crippen LogP contribution in [0.2, 0.25) is 0 Å². The Hall–Kier alpha value is -3.02. The second-order valence-corrected chi connectivity index (χ2v) is 5.27. The number of ether oxygens (including phenoxy) is 2. The molecule has 0 atom stereocenters. The topological polar surface area (TPSA) is 76.7 Å². The van der Waals surface area contributed by atoms with Crippen LogP contribution < -0.4 is 15.4 Å². The number of carbonyl (C=O) groups excluding carboxylic acids is 2. The molecular weight excluding hydrogens is 320 g/mol. The number of hydrogen-bond acceptors (Lipinski definition) is 4. The molecule has 0 saturated carbocycles. The number of rotatable bonds is 8.